The van der Waals surface area contributed by atoms with Gasteiger partial charge in [0.1, 0.15) is 28.4 Å². The van der Waals surface area contributed by atoms with E-state index in [2.05, 4.69) is 16.3 Å². The standard InChI is InChI=1S/C23H24F3N7O2/c1-22(35-17-6-2-5-16(30-17)23(24,25)26)9-7-14(8-10-22)19-18(21(29)34)20(28)33(31-19)15-4-3-11-32(12-15)13-27/h2,5-9,15H,3-4,10-12,28H2,1H3,(H2,29,34)/t15-,22?/m1/s1. The van der Waals surface area contributed by atoms with Crippen molar-refractivity contribution in [3.8, 4) is 12.1 Å². The lowest BCUT2D eigenvalue weighted by Gasteiger charge is -2.29. The van der Waals surface area contributed by atoms with Crippen LogP contribution < -0.4 is 16.2 Å². The maximum Gasteiger partial charge on any atom is 0.433 e. The molecule has 1 saturated heterocycles. The van der Waals surface area contributed by atoms with Crippen LogP contribution in [0.4, 0.5) is 19.0 Å². The Labute approximate surface area is 199 Å². The third kappa shape index (κ3) is 4.94. The normalized spacial score (nSPS) is 22.4. The molecule has 12 heteroatoms. The summed E-state index contributed by atoms with van der Waals surface area (Å²) >= 11 is 0. The van der Waals surface area contributed by atoms with Crippen LogP contribution >= 0.6 is 0 Å². The lowest BCUT2D eigenvalue weighted by atomic mass is 9.91. The third-order valence-corrected chi connectivity index (χ3v) is 6.05. The number of hydrogen-bond donors (Lipinski definition) is 2. The summed E-state index contributed by atoms with van der Waals surface area (Å²) in [6.45, 7) is 2.78. The van der Waals surface area contributed by atoms with Crippen LogP contribution in [0, 0.1) is 11.5 Å². The van der Waals surface area contributed by atoms with Crippen LogP contribution in [-0.4, -0.2) is 44.3 Å². The van der Waals surface area contributed by atoms with Crippen molar-refractivity contribution in [2.24, 2.45) is 5.73 Å². The fourth-order valence-electron chi connectivity index (χ4n) is 4.25. The van der Waals surface area contributed by atoms with Gasteiger partial charge in [-0.15, -0.1) is 0 Å². The maximum absolute atomic E-state index is 13.0. The number of aromatic nitrogens is 3. The van der Waals surface area contributed by atoms with Gasteiger partial charge in [0.05, 0.1) is 12.6 Å². The number of nitrogens with two attached hydrogens (primary N) is 2. The molecule has 0 bridgehead atoms. The molecule has 1 unspecified atom stereocenters. The zero-order valence-corrected chi connectivity index (χ0v) is 18.9. The van der Waals surface area contributed by atoms with Gasteiger partial charge < -0.3 is 21.1 Å². The van der Waals surface area contributed by atoms with Gasteiger partial charge in [-0.25, -0.2) is 9.67 Å². The number of nitrogen functional groups attached to an aromatic ring is 1. The van der Waals surface area contributed by atoms with Gasteiger partial charge in [-0.1, -0.05) is 18.2 Å². The van der Waals surface area contributed by atoms with Crippen molar-refractivity contribution in [3.63, 3.8) is 0 Å². The first-order valence-corrected chi connectivity index (χ1v) is 11.0. The predicted molar refractivity (Wildman–Crippen MR) is 121 cm³/mol. The summed E-state index contributed by atoms with van der Waals surface area (Å²) in [5.74, 6) is -0.761. The molecule has 1 aliphatic heterocycles. The minimum absolute atomic E-state index is 0.0825. The molecule has 0 saturated carbocycles. The molecule has 9 nitrogen and oxygen atoms in total. The molecule has 2 aromatic heterocycles. The first kappa shape index (κ1) is 24.1. The van der Waals surface area contributed by atoms with Crippen LogP contribution in [0.1, 0.15) is 54.0 Å². The zero-order valence-electron chi connectivity index (χ0n) is 18.9. The number of hydrogen-bond acceptors (Lipinski definition) is 7. The summed E-state index contributed by atoms with van der Waals surface area (Å²) in [4.78, 5) is 17.4. The molecule has 2 aliphatic rings. The summed E-state index contributed by atoms with van der Waals surface area (Å²) < 4.78 is 46.2. The number of piperidine rings is 1. The SMILES string of the molecule is CC1(Oc2cccc(C(F)(F)F)n2)C=CC(c2nn([C@@H]3CCCN(C#N)C3)c(N)c2C(N)=O)=CC1. The summed E-state index contributed by atoms with van der Waals surface area (Å²) in [5.41, 5.74) is 10.8. The molecular weight excluding hydrogens is 463 g/mol. The number of primary amides is 1. The number of nitriles is 1. The molecule has 2 atom stereocenters. The Bertz CT molecular complexity index is 1240. The van der Waals surface area contributed by atoms with Gasteiger partial charge in [-0.05, 0) is 37.5 Å². The maximum atomic E-state index is 13.0. The van der Waals surface area contributed by atoms with E-state index in [1.54, 1.807) is 34.7 Å². The lowest BCUT2D eigenvalue weighted by molar-refractivity contribution is -0.141. The molecule has 3 heterocycles. The van der Waals surface area contributed by atoms with Crippen molar-refractivity contribution >= 4 is 17.3 Å². The van der Waals surface area contributed by atoms with Crippen molar-refractivity contribution in [1.82, 2.24) is 19.7 Å². The van der Waals surface area contributed by atoms with Crippen LogP contribution in [0.5, 0.6) is 5.88 Å². The Kier molecular flexibility index (Phi) is 6.19. The molecule has 1 fully saturated rings. The number of alkyl halides is 3. The Morgan fingerprint density at radius 2 is 2.14 bits per heavy atom. The van der Waals surface area contributed by atoms with Crippen molar-refractivity contribution in [3.05, 3.63) is 53.4 Å². The van der Waals surface area contributed by atoms with Crippen LogP contribution in [-0.2, 0) is 6.18 Å². The Morgan fingerprint density at radius 1 is 1.37 bits per heavy atom. The van der Waals surface area contributed by atoms with E-state index in [4.69, 9.17) is 16.2 Å². The van der Waals surface area contributed by atoms with Gasteiger partial charge in [0.15, 0.2) is 6.19 Å². The van der Waals surface area contributed by atoms with E-state index in [0.29, 0.717) is 24.4 Å². The molecule has 1 amide bonds. The number of carbonyl (C=O) groups excluding carboxylic acids is 1. The van der Waals surface area contributed by atoms with Crippen molar-refractivity contribution in [1.29, 1.82) is 5.26 Å². The molecule has 35 heavy (non-hydrogen) atoms. The number of allylic oxidation sites excluding steroid dienone is 2. The molecule has 184 valence electrons. The highest BCUT2D eigenvalue weighted by atomic mass is 19.4. The number of rotatable bonds is 5. The second kappa shape index (κ2) is 8.98. The van der Waals surface area contributed by atoms with E-state index < -0.39 is 23.4 Å². The minimum atomic E-state index is -4.58. The van der Waals surface area contributed by atoms with Crippen molar-refractivity contribution in [2.75, 3.05) is 18.8 Å². The zero-order chi connectivity index (χ0) is 25.4. The molecule has 0 radical (unpaired) electrons. The number of anilines is 1. The fraction of sp³-hybridized carbons (Fsp3) is 0.391. The molecule has 0 aromatic carbocycles. The third-order valence-electron chi connectivity index (χ3n) is 6.05. The summed E-state index contributed by atoms with van der Waals surface area (Å²) in [6, 6.07) is 3.27. The highest BCUT2D eigenvalue weighted by molar-refractivity contribution is 6.02. The quantitative estimate of drug-likeness (QED) is 0.618. The van der Waals surface area contributed by atoms with Gasteiger partial charge in [0.25, 0.3) is 5.91 Å². The van der Waals surface area contributed by atoms with E-state index in [1.807, 2.05) is 0 Å². The van der Waals surface area contributed by atoms with E-state index in [0.717, 1.165) is 18.9 Å². The molecule has 4 rings (SSSR count). The molecule has 2 aromatic rings. The van der Waals surface area contributed by atoms with Gasteiger partial charge in [-0.2, -0.15) is 23.5 Å². The Balaban J connectivity index is 1.58. The number of pyridine rings is 1. The predicted octanol–water partition coefficient (Wildman–Crippen LogP) is 3.28. The second-order valence-corrected chi connectivity index (χ2v) is 8.73. The smallest absolute Gasteiger partial charge is 0.433 e. The first-order valence-electron chi connectivity index (χ1n) is 11.0. The largest absolute Gasteiger partial charge is 0.467 e. The summed E-state index contributed by atoms with van der Waals surface area (Å²) in [5, 5.41) is 13.8. The Morgan fingerprint density at radius 3 is 2.77 bits per heavy atom. The number of amides is 1. The number of carbonyl (C=O) groups is 1. The number of nitrogens with zero attached hydrogens (tertiary/aromatic N) is 5. The monoisotopic (exact) mass is 487 g/mol. The van der Waals surface area contributed by atoms with Gasteiger partial charge in [0, 0.05) is 19.0 Å². The average Bonchev–Trinajstić information content (AvgIpc) is 3.16. The fourth-order valence-corrected chi connectivity index (χ4v) is 4.25. The summed E-state index contributed by atoms with van der Waals surface area (Å²) in [6.07, 6.45) is 4.43. The van der Waals surface area contributed by atoms with E-state index in [-0.39, 0.29) is 29.7 Å². The highest BCUT2D eigenvalue weighted by Gasteiger charge is 2.34. The van der Waals surface area contributed by atoms with E-state index >= 15 is 0 Å². The Hall–Kier alpha value is -4.01. The van der Waals surface area contributed by atoms with Gasteiger partial charge in [0.2, 0.25) is 5.88 Å². The molecule has 0 spiro atoms. The number of likely N-dealkylation sites (tertiary alicyclic amines) is 1. The van der Waals surface area contributed by atoms with E-state index in [9.17, 15) is 23.2 Å². The minimum Gasteiger partial charge on any atom is -0.467 e. The van der Waals surface area contributed by atoms with Gasteiger partial charge in [-0.3, -0.25) is 4.79 Å². The lowest BCUT2D eigenvalue weighted by Crippen LogP contribution is -2.34. The topological polar surface area (TPSA) is 136 Å². The second-order valence-electron chi connectivity index (χ2n) is 8.73. The van der Waals surface area contributed by atoms with Crippen LogP contribution in [0.15, 0.2) is 36.4 Å². The molecule has 4 N–H and O–H groups in total. The highest BCUT2D eigenvalue weighted by Crippen LogP contribution is 2.35. The average molecular weight is 487 g/mol. The number of ether oxygens (including phenoxy) is 1. The number of halogens is 3. The molecule has 1 aliphatic carbocycles. The van der Waals surface area contributed by atoms with Crippen molar-refractivity contribution < 1.29 is 22.7 Å². The van der Waals surface area contributed by atoms with Gasteiger partial charge >= 0.3 is 6.18 Å². The van der Waals surface area contributed by atoms with E-state index in [1.165, 1.54) is 12.1 Å². The first-order chi connectivity index (χ1) is 16.5. The van der Waals surface area contributed by atoms with Crippen LogP contribution in [0.3, 0.4) is 0 Å². The van der Waals surface area contributed by atoms with Crippen molar-refractivity contribution in [2.45, 2.75) is 44.0 Å². The molecular formula is C23H24F3N7O2. The van der Waals surface area contributed by atoms with Crippen LogP contribution in [0.2, 0.25) is 0 Å². The summed E-state index contributed by atoms with van der Waals surface area (Å²) in [7, 11) is 0. The van der Waals surface area contributed by atoms with Crippen LogP contribution in [0.25, 0.3) is 5.57 Å².